The molecule has 1 aromatic heterocycles. The van der Waals surface area contributed by atoms with Gasteiger partial charge in [-0.3, -0.25) is 0 Å². The third-order valence-electron chi connectivity index (χ3n) is 3.12. The van der Waals surface area contributed by atoms with Gasteiger partial charge in [0.25, 0.3) is 0 Å². The van der Waals surface area contributed by atoms with Gasteiger partial charge in [-0.05, 0) is 31.2 Å². The van der Waals surface area contributed by atoms with E-state index in [1.165, 1.54) is 6.33 Å². The lowest BCUT2D eigenvalue weighted by molar-refractivity contribution is 0.464. The number of nitrogens with zero attached hydrogens (tertiary/aromatic N) is 2. The van der Waals surface area contributed by atoms with Gasteiger partial charge >= 0.3 is 0 Å². The second-order valence-corrected chi connectivity index (χ2v) is 4.85. The zero-order valence-corrected chi connectivity index (χ0v) is 12.2. The zero-order valence-electron chi connectivity index (χ0n) is 12.2. The lowest BCUT2D eigenvalue weighted by Crippen LogP contribution is -2.03. The van der Waals surface area contributed by atoms with Crippen molar-refractivity contribution < 1.29 is 4.74 Å². The molecular formula is C17H16N4O. The van der Waals surface area contributed by atoms with Gasteiger partial charge in [-0.15, -0.1) is 0 Å². The van der Waals surface area contributed by atoms with Gasteiger partial charge in [0.2, 0.25) is 5.88 Å². The number of anilines is 3. The highest BCUT2D eigenvalue weighted by Gasteiger charge is 2.10. The molecule has 0 spiro atoms. The normalized spacial score (nSPS) is 10.2. The summed E-state index contributed by atoms with van der Waals surface area (Å²) in [6.45, 7) is 2.02. The second-order valence-electron chi connectivity index (χ2n) is 4.85. The van der Waals surface area contributed by atoms with Crippen molar-refractivity contribution in [3.63, 3.8) is 0 Å². The number of para-hydroxylation sites is 1. The minimum Gasteiger partial charge on any atom is -0.437 e. The molecule has 3 rings (SSSR count). The fourth-order valence-corrected chi connectivity index (χ4v) is 1.94. The Balaban J connectivity index is 1.84. The summed E-state index contributed by atoms with van der Waals surface area (Å²) in [5, 5.41) is 3.15. The molecule has 110 valence electrons. The third kappa shape index (κ3) is 3.15. The summed E-state index contributed by atoms with van der Waals surface area (Å²) in [7, 11) is 0. The highest BCUT2D eigenvalue weighted by Crippen LogP contribution is 2.30. The Morgan fingerprint density at radius 1 is 0.955 bits per heavy atom. The molecule has 0 aliphatic heterocycles. The van der Waals surface area contributed by atoms with Crippen molar-refractivity contribution >= 4 is 17.2 Å². The first kappa shape index (κ1) is 13.9. The van der Waals surface area contributed by atoms with Crippen LogP contribution < -0.4 is 15.8 Å². The predicted molar refractivity (Wildman–Crippen MR) is 87.4 cm³/mol. The molecule has 0 saturated heterocycles. The van der Waals surface area contributed by atoms with E-state index >= 15 is 0 Å². The molecule has 3 N–H and O–H groups in total. The summed E-state index contributed by atoms with van der Waals surface area (Å²) in [5.41, 5.74) is 8.52. The van der Waals surface area contributed by atoms with Gasteiger partial charge in [0.15, 0.2) is 5.82 Å². The fraction of sp³-hybridized carbons (Fsp3) is 0.0588. The first-order valence-corrected chi connectivity index (χ1v) is 6.89. The number of rotatable bonds is 4. The maximum atomic E-state index is 6.10. The van der Waals surface area contributed by atoms with Crippen LogP contribution in [-0.2, 0) is 0 Å². The molecule has 0 unspecified atom stereocenters. The Labute approximate surface area is 128 Å². The van der Waals surface area contributed by atoms with E-state index in [9.17, 15) is 0 Å². The van der Waals surface area contributed by atoms with Crippen LogP contribution in [0.25, 0.3) is 0 Å². The first-order chi connectivity index (χ1) is 10.7. The van der Waals surface area contributed by atoms with Crippen LogP contribution in [0, 0.1) is 6.92 Å². The second kappa shape index (κ2) is 6.13. The van der Waals surface area contributed by atoms with Crippen LogP contribution >= 0.6 is 0 Å². The summed E-state index contributed by atoms with van der Waals surface area (Å²) in [6, 6.07) is 17.4. The molecular weight excluding hydrogens is 276 g/mol. The summed E-state index contributed by atoms with van der Waals surface area (Å²) < 4.78 is 5.73. The molecule has 5 nitrogen and oxygen atoms in total. The average molecular weight is 292 g/mol. The van der Waals surface area contributed by atoms with Crippen molar-refractivity contribution in [2.24, 2.45) is 0 Å². The Bertz CT molecular complexity index is 757. The van der Waals surface area contributed by atoms with E-state index in [-0.39, 0.29) is 0 Å². The van der Waals surface area contributed by atoms with Gasteiger partial charge < -0.3 is 15.8 Å². The van der Waals surface area contributed by atoms with Crippen molar-refractivity contribution in [1.29, 1.82) is 0 Å². The quantitative estimate of drug-likeness (QED) is 0.763. The Morgan fingerprint density at radius 3 is 2.41 bits per heavy atom. The van der Waals surface area contributed by atoms with E-state index in [0.717, 1.165) is 11.3 Å². The third-order valence-corrected chi connectivity index (χ3v) is 3.12. The minimum atomic E-state index is 0.331. The number of hydrogen-bond acceptors (Lipinski definition) is 5. The van der Waals surface area contributed by atoms with Gasteiger partial charge in [-0.1, -0.05) is 35.9 Å². The molecule has 3 aromatic rings. The molecule has 0 radical (unpaired) electrons. The largest absolute Gasteiger partial charge is 0.437 e. The Morgan fingerprint density at radius 2 is 1.68 bits per heavy atom. The number of nitrogen functional groups attached to an aromatic ring is 1. The molecule has 1 heterocycles. The Kier molecular flexibility index (Phi) is 3.87. The van der Waals surface area contributed by atoms with Crippen molar-refractivity contribution in [2.45, 2.75) is 6.92 Å². The Hall–Kier alpha value is -3.08. The molecule has 22 heavy (non-hydrogen) atoms. The number of hydrogen-bond donors (Lipinski definition) is 2. The molecule has 0 aliphatic carbocycles. The monoisotopic (exact) mass is 292 g/mol. The fourth-order valence-electron chi connectivity index (χ4n) is 1.94. The number of ether oxygens (including phenoxy) is 1. The van der Waals surface area contributed by atoms with E-state index in [2.05, 4.69) is 15.3 Å². The van der Waals surface area contributed by atoms with Gasteiger partial charge in [0.1, 0.15) is 17.8 Å². The maximum absolute atomic E-state index is 6.10. The SMILES string of the molecule is Cc1ccc(Oc2ncnc(Nc3ccccc3)c2N)cc1. The number of nitrogens with one attached hydrogen (secondary N) is 1. The van der Waals surface area contributed by atoms with Crippen LogP contribution in [0.1, 0.15) is 5.56 Å². The van der Waals surface area contributed by atoms with Gasteiger partial charge in [-0.2, -0.15) is 4.98 Å². The number of nitrogens with two attached hydrogens (primary N) is 1. The molecule has 5 heteroatoms. The van der Waals surface area contributed by atoms with E-state index < -0.39 is 0 Å². The first-order valence-electron chi connectivity index (χ1n) is 6.89. The summed E-state index contributed by atoms with van der Waals surface area (Å²) in [6.07, 6.45) is 1.42. The van der Waals surface area contributed by atoms with Gasteiger partial charge in [0.05, 0.1) is 0 Å². The summed E-state index contributed by atoms with van der Waals surface area (Å²) >= 11 is 0. The highest BCUT2D eigenvalue weighted by atomic mass is 16.5. The minimum absolute atomic E-state index is 0.331. The highest BCUT2D eigenvalue weighted by molar-refractivity contribution is 5.72. The molecule has 0 atom stereocenters. The zero-order chi connectivity index (χ0) is 15.4. The van der Waals surface area contributed by atoms with Crippen LogP contribution in [0.15, 0.2) is 60.9 Å². The molecule has 2 aromatic carbocycles. The lowest BCUT2D eigenvalue weighted by atomic mass is 10.2. The summed E-state index contributed by atoms with van der Waals surface area (Å²) in [5.74, 6) is 1.53. The van der Waals surface area contributed by atoms with Crippen molar-refractivity contribution in [3.05, 3.63) is 66.5 Å². The van der Waals surface area contributed by atoms with Crippen molar-refractivity contribution in [3.8, 4) is 11.6 Å². The topological polar surface area (TPSA) is 73.1 Å². The van der Waals surface area contributed by atoms with Gasteiger partial charge in [0, 0.05) is 5.69 Å². The number of benzene rings is 2. The van der Waals surface area contributed by atoms with Crippen LogP contribution in [-0.4, -0.2) is 9.97 Å². The predicted octanol–water partition coefficient (Wildman–Crippen LogP) is 3.90. The van der Waals surface area contributed by atoms with Crippen LogP contribution in [0.4, 0.5) is 17.2 Å². The van der Waals surface area contributed by atoms with Crippen LogP contribution in [0.3, 0.4) is 0 Å². The van der Waals surface area contributed by atoms with E-state index in [1.54, 1.807) is 0 Å². The molecule has 0 amide bonds. The molecule has 0 fully saturated rings. The number of aryl methyl sites for hydroxylation is 1. The van der Waals surface area contributed by atoms with E-state index in [0.29, 0.717) is 23.1 Å². The average Bonchev–Trinajstić information content (AvgIpc) is 2.54. The maximum Gasteiger partial charge on any atom is 0.248 e. The standard InChI is InChI=1S/C17H16N4O/c1-12-7-9-14(10-8-12)22-17-15(18)16(19-11-20-17)21-13-5-3-2-4-6-13/h2-11H,18H2,1H3,(H,19,20,21). The van der Waals surface area contributed by atoms with Crippen LogP contribution in [0.2, 0.25) is 0 Å². The van der Waals surface area contributed by atoms with Gasteiger partial charge in [-0.25, -0.2) is 4.98 Å². The lowest BCUT2D eigenvalue weighted by Gasteiger charge is -2.11. The smallest absolute Gasteiger partial charge is 0.248 e. The molecule has 0 aliphatic rings. The van der Waals surface area contributed by atoms with E-state index in [1.807, 2.05) is 61.5 Å². The number of aromatic nitrogens is 2. The van der Waals surface area contributed by atoms with Crippen LogP contribution in [0.5, 0.6) is 11.6 Å². The molecule has 0 bridgehead atoms. The van der Waals surface area contributed by atoms with E-state index in [4.69, 9.17) is 10.5 Å². The molecule has 0 saturated carbocycles. The summed E-state index contributed by atoms with van der Waals surface area (Å²) in [4.78, 5) is 8.26. The van der Waals surface area contributed by atoms with Crippen molar-refractivity contribution in [2.75, 3.05) is 11.1 Å². The van der Waals surface area contributed by atoms with Crippen molar-refractivity contribution in [1.82, 2.24) is 9.97 Å².